The lowest BCUT2D eigenvalue weighted by atomic mass is 9.79. The second-order valence-corrected chi connectivity index (χ2v) is 6.18. The number of nitrogens with zero attached hydrogens (tertiary/aromatic N) is 1. The summed E-state index contributed by atoms with van der Waals surface area (Å²) in [5, 5.41) is 0. The molecule has 0 spiro atoms. The molecule has 1 heterocycles. The second-order valence-electron chi connectivity index (χ2n) is 6.18. The van der Waals surface area contributed by atoms with Crippen LogP contribution in [0.2, 0.25) is 0 Å². The first-order chi connectivity index (χ1) is 8.65. The largest absolute Gasteiger partial charge is 0.261 e. The molecule has 0 bridgehead atoms. The Labute approximate surface area is 110 Å². The van der Waals surface area contributed by atoms with E-state index in [0.29, 0.717) is 0 Å². The van der Waals surface area contributed by atoms with Gasteiger partial charge < -0.3 is 0 Å². The van der Waals surface area contributed by atoms with Crippen molar-refractivity contribution >= 4 is 0 Å². The summed E-state index contributed by atoms with van der Waals surface area (Å²) >= 11 is 0. The van der Waals surface area contributed by atoms with Crippen molar-refractivity contribution in [3.8, 4) is 0 Å². The summed E-state index contributed by atoms with van der Waals surface area (Å²) in [7, 11) is 0. The van der Waals surface area contributed by atoms with Crippen LogP contribution in [0.3, 0.4) is 0 Å². The van der Waals surface area contributed by atoms with Crippen LogP contribution in [0.1, 0.15) is 43.5 Å². The minimum Gasteiger partial charge on any atom is -0.261 e. The van der Waals surface area contributed by atoms with E-state index < -0.39 is 0 Å². The number of aryl methyl sites for hydroxylation is 2. The van der Waals surface area contributed by atoms with E-state index in [0.717, 1.165) is 12.8 Å². The van der Waals surface area contributed by atoms with E-state index in [1.54, 1.807) is 0 Å². The van der Waals surface area contributed by atoms with Gasteiger partial charge in [-0.25, -0.2) is 0 Å². The molecular formula is C17H21N. The molecule has 1 nitrogen and oxygen atoms in total. The zero-order chi connectivity index (χ0) is 12.6. The van der Waals surface area contributed by atoms with Gasteiger partial charge in [-0.15, -0.1) is 0 Å². The minimum absolute atomic E-state index is 0.226. The zero-order valence-corrected chi connectivity index (χ0v) is 11.4. The second kappa shape index (κ2) is 4.38. The molecule has 0 fully saturated rings. The summed E-state index contributed by atoms with van der Waals surface area (Å²) in [5.74, 6) is 0. The fraction of sp³-hybridized carbons (Fsp3) is 0.471. The molecule has 0 atom stereocenters. The lowest BCUT2D eigenvalue weighted by Crippen LogP contribution is -2.18. The third-order valence-corrected chi connectivity index (χ3v) is 4.30. The number of hydrogen-bond donors (Lipinski definition) is 0. The van der Waals surface area contributed by atoms with Crippen molar-refractivity contribution in [1.82, 2.24) is 4.98 Å². The normalized spacial score (nSPS) is 18.0. The predicted molar refractivity (Wildman–Crippen MR) is 75.6 cm³/mol. The Hall–Kier alpha value is -1.37. The molecule has 1 aromatic heterocycles. The molecule has 0 N–H and O–H groups in total. The molecule has 2 aliphatic carbocycles. The molecular weight excluding hydrogens is 218 g/mol. The summed E-state index contributed by atoms with van der Waals surface area (Å²) in [6.07, 6.45) is 14.7. The van der Waals surface area contributed by atoms with Crippen molar-refractivity contribution in [3.05, 3.63) is 52.9 Å². The van der Waals surface area contributed by atoms with Crippen LogP contribution in [-0.4, -0.2) is 4.98 Å². The average Bonchev–Trinajstić information content (AvgIpc) is 2.99. The zero-order valence-electron chi connectivity index (χ0n) is 11.4. The summed E-state index contributed by atoms with van der Waals surface area (Å²) in [6.45, 7) is 4.67. The molecule has 2 aliphatic rings. The van der Waals surface area contributed by atoms with Crippen LogP contribution in [0.15, 0.2) is 36.1 Å². The van der Waals surface area contributed by atoms with Crippen LogP contribution in [0.4, 0.5) is 0 Å². The van der Waals surface area contributed by atoms with Gasteiger partial charge in [0.1, 0.15) is 0 Å². The Morgan fingerprint density at radius 3 is 2.83 bits per heavy atom. The van der Waals surface area contributed by atoms with Crippen LogP contribution in [0.25, 0.3) is 0 Å². The third-order valence-electron chi connectivity index (χ3n) is 4.30. The number of fused-ring (bicyclic) bond motifs is 1. The minimum atomic E-state index is 0.226. The number of hydrogen-bond acceptors (Lipinski definition) is 1. The molecule has 0 aliphatic heterocycles. The first kappa shape index (κ1) is 11.7. The Morgan fingerprint density at radius 1 is 1.22 bits per heavy atom. The van der Waals surface area contributed by atoms with E-state index in [1.807, 2.05) is 0 Å². The smallest absolute Gasteiger partial charge is 0.0415 e. The summed E-state index contributed by atoms with van der Waals surface area (Å²) in [6, 6.07) is 2.34. The summed E-state index contributed by atoms with van der Waals surface area (Å²) in [5.41, 5.74) is 6.02. The third kappa shape index (κ3) is 2.14. The van der Waals surface area contributed by atoms with Crippen LogP contribution in [0, 0.1) is 5.41 Å². The highest BCUT2D eigenvalue weighted by atomic mass is 14.7. The van der Waals surface area contributed by atoms with E-state index >= 15 is 0 Å². The molecule has 1 heteroatoms. The maximum absolute atomic E-state index is 4.66. The van der Waals surface area contributed by atoms with Gasteiger partial charge in [0.05, 0.1) is 0 Å². The Morgan fingerprint density at radius 2 is 2.06 bits per heavy atom. The molecule has 0 radical (unpaired) electrons. The maximum Gasteiger partial charge on any atom is 0.0415 e. The topological polar surface area (TPSA) is 12.9 Å². The predicted octanol–water partition coefficient (Wildman–Crippen LogP) is 4.03. The Bertz CT molecular complexity index is 520. The van der Waals surface area contributed by atoms with Gasteiger partial charge >= 0.3 is 0 Å². The van der Waals surface area contributed by atoms with E-state index in [9.17, 15) is 0 Å². The van der Waals surface area contributed by atoms with Crippen molar-refractivity contribution in [1.29, 1.82) is 0 Å². The Balaban J connectivity index is 1.80. The van der Waals surface area contributed by atoms with E-state index in [4.69, 9.17) is 0 Å². The van der Waals surface area contributed by atoms with Gasteiger partial charge in [0.25, 0.3) is 0 Å². The number of rotatable bonds is 3. The van der Waals surface area contributed by atoms with Gasteiger partial charge in [-0.1, -0.05) is 37.6 Å². The molecule has 1 aromatic rings. The first-order valence-corrected chi connectivity index (χ1v) is 6.98. The molecule has 0 amide bonds. The van der Waals surface area contributed by atoms with Crippen LogP contribution >= 0.6 is 0 Å². The van der Waals surface area contributed by atoms with Crippen molar-refractivity contribution in [3.63, 3.8) is 0 Å². The lowest BCUT2D eigenvalue weighted by Gasteiger charge is -2.26. The first-order valence-electron chi connectivity index (χ1n) is 6.98. The molecule has 0 aromatic carbocycles. The summed E-state index contributed by atoms with van der Waals surface area (Å²) < 4.78 is 0. The highest BCUT2D eigenvalue weighted by molar-refractivity contribution is 5.33. The van der Waals surface area contributed by atoms with Crippen LogP contribution in [0.5, 0.6) is 0 Å². The Kier molecular flexibility index (Phi) is 2.85. The van der Waals surface area contributed by atoms with Crippen molar-refractivity contribution in [2.24, 2.45) is 5.41 Å². The van der Waals surface area contributed by atoms with Crippen molar-refractivity contribution < 1.29 is 0 Å². The van der Waals surface area contributed by atoms with E-state index in [2.05, 4.69) is 49.3 Å². The van der Waals surface area contributed by atoms with Gasteiger partial charge in [0, 0.05) is 11.9 Å². The fourth-order valence-electron chi connectivity index (χ4n) is 3.11. The van der Waals surface area contributed by atoms with Crippen LogP contribution in [-0.2, 0) is 19.3 Å². The van der Waals surface area contributed by atoms with Gasteiger partial charge in [0.2, 0.25) is 0 Å². The van der Waals surface area contributed by atoms with E-state index in [-0.39, 0.29) is 5.41 Å². The van der Waals surface area contributed by atoms with Gasteiger partial charge in [-0.05, 0) is 54.7 Å². The molecule has 94 valence electrons. The van der Waals surface area contributed by atoms with Crippen LogP contribution < -0.4 is 0 Å². The number of allylic oxidation sites excluding steroid dienone is 4. The SMILES string of the molecule is CC(C)(Cc1cc2c(cn1)CCC2)C1=CC=CC1. The maximum atomic E-state index is 4.66. The molecule has 0 unspecified atom stereocenters. The average molecular weight is 239 g/mol. The molecule has 3 rings (SSSR count). The molecule has 0 saturated heterocycles. The van der Waals surface area contributed by atoms with Crippen molar-refractivity contribution in [2.45, 2.75) is 46.0 Å². The standard InChI is InChI=1S/C17H21N/c1-17(2,15-8-3-4-9-15)11-16-10-13-6-5-7-14(13)12-18-16/h3-4,8,10,12H,5-7,9,11H2,1-2H3. The highest BCUT2D eigenvalue weighted by Crippen LogP contribution is 2.35. The van der Waals surface area contributed by atoms with Gasteiger partial charge in [0.15, 0.2) is 0 Å². The lowest BCUT2D eigenvalue weighted by molar-refractivity contribution is 0.432. The molecule has 0 saturated carbocycles. The van der Waals surface area contributed by atoms with Gasteiger partial charge in [-0.3, -0.25) is 4.98 Å². The fourth-order valence-corrected chi connectivity index (χ4v) is 3.11. The monoisotopic (exact) mass is 239 g/mol. The summed E-state index contributed by atoms with van der Waals surface area (Å²) in [4.78, 5) is 4.66. The number of pyridine rings is 1. The van der Waals surface area contributed by atoms with Gasteiger partial charge in [-0.2, -0.15) is 0 Å². The molecule has 18 heavy (non-hydrogen) atoms. The highest BCUT2D eigenvalue weighted by Gasteiger charge is 2.25. The number of aromatic nitrogens is 1. The van der Waals surface area contributed by atoms with Crippen molar-refractivity contribution in [2.75, 3.05) is 0 Å². The van der Waals surface area contributed by atoms with E-state index in [1.165, 1.54) is 41.7 Å². The quantitative estimate of drug-likeness (QED) is 0.776.